The van der Waals surface area contributed by atoms with E-state index in [1.165, 1.54) is 6.92 Å². The lowest BCUT2D eigenvalue weighted by Gasteiger charge is -2.13. The smallest absolute Gasteiger partial charge is 0.294 e. The molecule has 1 aromatic rings. The van der Waals surface area contributed by atoms with E-state index in [0.29, 0.717) is 0 Å². The second-order valence-corrected chi connectivity index (χ2v) is 3.33. The molecule has 0 bridgehead atoms. The number of nitrogens with zero attached hydrogens (tertiary/aromatic N) is 1. The van der Waals surface area contributed by atoms with Gasteiger partial charge in [-0.2, -0.15) is 18.4 Å². The van der Waals surface area contributed by atoms with Crippen LogP contribution >= 0.6 is 0 Å². The number of hydrogen-bond acceptors (Lipinski definition) is 2. The Balaban J connectivity index is 3.58. The van der Waals surface area contributed by atoms with Crippen LogP contribution in [0.25, 0.3) is 0 Å². The highest BCUT2D eigenvalue weighted by Crippen LogP contribution is 2.34. The third kappa shape index (κ3) is 2.06. The van der Waals surface area contributed by atoms with Gasteiger partial charge in [0.15, 0.2) is 5.78 Å². The highest BCUT2D eigenvalue weighted by molar-refractivity contribution is 5.98. The lowest BCUT2D eigenvalue weighted by Crippen LogP contribution is -2.12. The van der Waals surface area contributed by atoms with E-state index in [-0.39, 0.29) is 16.7 Å². The maximum atomic E-state index is 12.5. The number of benzene rings is 1. The van der Waals surface area contributed by atoms with Gasteiger partial charge in [-0.15, -0.1) is 0 Å². The first kappa shape index (κ1) is 12.2. The summed E-state index contributed by atoms with van der Waals surface area (Å²) in [6.45, 7) is 2.34. The van der Waals surface area contributed by atoms with E-state index in [1.807, 2.05) is 0 Å². The summed E-state index contributed by atoms with van der Waals surface area (Å²) in [5.74, 6) is -0.542. The van der Waals surface area contributed by atoms with E-state index in [9.17, 15) is 18.0 Å². The topological polar surface area (TPSA) is 40.9 Å². The molecule has 0 aromatic heterocycles. The van der Waals surface area contributed by atoms with Gasteiger partial charge in [-0.25, -0.2) is 0 Å². The molecule has 0 heterocycles. The summed E-state index contributed by atoms with van der Waals surface area (Å²) < 4.78 is 37.6. The molecule has 0 saturated heterocycles. The van der Waals surface area contributed by atoms with E-state index in [2.05, 4.69) is 0 Å². The third-order valence-electron chi connectivity index (χ3n) is 2.24. The number of halogens is 3. The number of alkyl halides is 3. The van der Waals surface area contributed by atoms with Crippen LogP contribution in [0, 0.1) is 18.3 Å². The van der Waals surface area contributed by atoms with E-state index in [0.717, 1.165) is 19.1 Å². The Morgan fingerprint density at radius 2 is 1.94 bits per heavy atom. The van der Waals surface area contributed by atoms with Crippen molar-refractivity contribution in [2.24, 2.45) is 0 Å². The number of carbonyl (C=O) groups is 1. The molecule has 1 aromatic carbocycles. The lowest BCUT2D eigenvalue weighted by atomic mass is 9.95. The number of ketones is 1. The van der Waals surface area contributed by atoms with Gasteiger partial charge in [-0.05, 0) is 31.5 Å². The van der Waals surface area contributed by atoms with Gasteiger partial charge in [-0.3, -0.25) is 4.79 Å². The summed E-state index contributed by atoms with van der Waals surface area (Å²) in [5.41, 5.74) is -1.26. The Labute approximate surface area is 90.3 Å². The molecule has 0 aliphatic carbocycles. The monoisotopic (exact) mass is 227 g/mol. The fraction of sp³-hybridized carbons (Fsp3) is 0.273. The average molecular weight is 227 g/mol. The second kappa shape index (κ2) is 3.97. The molecule has 0 radical (unpaired) electrons. The van der Waals surface area contributed by atoms with E-state index >= 15 is 0 Å². The Hall–Kier alpha value is -1.83. The summed E-state index contributed by atoms with van der Waals surface area (Å²) in [5, 5.41) is 8.70. The van der Waals surface area contributed by atoms with Crippen LogP contribution in [0.4, 0.5) is 13.2 Å². The largest absolute Gasteiger partial charge is 0.416 e. The zero-order chi connectivity index (χ0) is 12.5. The van der Waals surface area contributed by atoms with Gasteiger partial charge in [-0.1, -0.05) is 0 Å². The molecule has 0 aliphatic heterocycles. The fourth-order valence-corrected chi connectivity index (χ4v) is 1.57. The molecule has 0 amide bonds. The van der Waals surface area contributed by atoms with Gasteiger partial charge in [0.1, 0.15) is 0 Å². The normalized spacial score (nSPS) is 11.0. The van der Waals surface area contributed by atoms with E-state index < -0.39 is 17.5 Å². The molecule has 1 rings (SSSR count). The predicted octanol–water partition coefficient (Wildman–Crippen LogP) is 3.09. The molecule has 5 heteroatoms. The van der Waals surface area contributed by atoms with Crippen molar-refractivity contribution in [3.63, 3.8) is 0 Å². The third-order valence-corrected chi connectivity index (χ3v) is 2.24. The minimum absolute atomic E-state index is 0.0296. The summed E-state index contributed by atoms with van der Waals surface area (Å²) in [7, 11) is 0. The van der Waals surface area contributed by atoms with E-state index in [4.69, 9.17) is 5.26 Å². The number of rotatable bonds is 1. The molecular weight excluding hydrogens is 219 g/mol. The van der Waals surface area contributed by atoms with Crippen LogP contribution in [0.2, 0.25) is 0 Å². The fourth-order valence-electron chi connectivity index (χ4n) is 1.57. The summed E-state index contributed by atoms with van der Waals surface area (Å²) in [6, 6.07) is 3.55. The number of Topliss-reactive ketones (excluding diaryl/α,β-unsaturated/α-hetero) is 1. The zero-order valence-electron chi connectivity index (χ0n) is 8.64. The minimum Gasteiger partial charge on any atom is -0.294 e. The highest BCUT2D eigenvalue weighted by Gasteiger charge is 2.34. The minimum atomic E-state index is -4.51. The van der Waals surface area contributed by atoms with Crippen molar-refractivity contribution < 1.29 is 18.0 Å². The van der Waals surface area contributed by atoms with Crippen molar-refractivity contribution in [2.45, 2.75) is 20.0 Å². The molecule has 0 saturated carbocycles. The van der Waals surface area contributed by atoms with Crippen LogP contribution in [0.15, 0.2) is 12.1 Å². The molecule has 0 aliphatic rings. The SMILES string of the molecule is CC(=O)c1c(C#N)ccc(C(F)(F)F)c1C. The molecule has 84 valence electrons. The van der Waals surface area contributed by atoms with Gasteiger partial charge >= 0.3 is 6.18 Å². The number of carbonyl (C=O) groups excluding carboxylic acids is 1. The van der Waals surface area contributed by atoms with Crippen molar-refractivity contribution in [1.82, 2.24) is 0 Å². The van der Waals surface area contributed by atoms with Gasteiger partial charge in [0, 0.05) is 5.56 Å². The van der Waals surface area contributed by atoms with Crippen molar-refractivity contribution in [3.8, 4) is 6.07 Å². The Kier molecular flexibility index (Phi) is 3.04. The molecule has 0 spiro atoms. The Morgan fingerprint density at radius 3 is 2.31 bits per heavy atom. The van der Waals surface area contributed by atoms with Gasteiger partial charge in [0.25, 0.3) is 0 Å². The van der Waals surface area contributed by atoms with Crippen molar-refractivity contribution >= 4 is 5.78 Å². The van der Waals surface area contributed by atoms with Gasteiger partial charge in [0.05, 0.1) is 17.2 Å². The van der Waals surface area contributed by atoms with Gasteiger partial charge in [0.2, 0.25) is 0 Å². The Morgan fingerprint density at radius 1 is 1.38 bits per heavy atom. The molecule has 0 unspecified atom stereocenters. The molecule has 2 nitrogen and oxygen atoms in total. The van der Waals surface area contributed by atoms with Crippen LogP contribution in [-0.4, -0.2) is 5.78 Å². The highest BCUT2D eigenvalue weighted by atomic mass is 19.4. The van der Waals surface area contributed by atoms with Crippen LogP contribution in [0.5, 0.6) is 0 Å². The maximum absolute atomic E-state index is 12.5. The van der Waals surface area contributed by atoms with Crippen molar-refractivity contribution in [3.05, 3.63) is 34.4 Å². The van der Waals surface area contributed by atoms with Crippen LogP contribution in [0.1, 0.15) is 34.0 Å². The molecule has 0 fully saturated rings. The Bertz CT molecular complexity index is 483. The van der Waals surface area contributed by atoms with Crippen molar-refractivity contribution in [2.75, 3.05) is 0 Å². The first-order valence-electron chi connectivity index (χ1n) is 4.41. The molecule has 16 heavy (non-hydrogen) atoms. The molecular formula is C11H8F3NO. The predicted molar refractivity (Wildman–Crippen MR) is 50.9 cm³/mol. The summed E-state index contributed by atoms with van der Waals surface area (Å²) in [4.78, 5) is 11.2. The average Bonchev–Trinajstić information content (AvgIpc) is 2.14. The number of hydrogen-bond donors (Lipinski definition) is 0. The molecule has 0 N–H and O–H groups in total. The quantitative estimate of drug-likeness (QED) is 0.691. The first-order valence-corrected chi connectivity index (χ1v) is 4.41. The number of nitriles is 1. The lowest BCUT2D eigenvalue weighted by molar-refractivity contribution is -0.138. The van der Waals surface area contributed by atoms with Crippen LogP contribution < -0.4 is 0 Å². The summed E-state index contributed by atoms with van der Waals surface area (Å²) >= 11 is 0. The maximum Gasteiger partial charge on any atom is 0.416 e. The second-order valence-electron chi connectivity index (χ2n) is 3.33. The zero-order valence-corrected chi connectivity index (χ0v) is 8.64. The standard InChI is InChI=1S/C11H8F3NO/c1-6-9(11(12,13)14)4-3-8(5-15)10(6)7(2)16/h3-4H,1-2H3. The summed E-state index contributed by atoms with van der Waals surface area (Å²) in [6.07, 6.45) is -4.51. The van der Waals surface area contributed by atoms with E-state index in [1.54, 1.807) is 6.07 Å². The van der Waals surface area contributed by atoms with Gasteiger partial charge < -0.3 is 0 Å². The van der Waals surface area contributed by atoms with Crippen molar-refractivity contribution in [1.29, 1.82) is 5.26 Å². The van der Waals surface area contributed by atoms with Crippen LogP contribution in [-0.2, 0) is 6.18 Å². The first-order chi connectivity index (χ1) is 7.29. The molecule has 0 atom stereocenters. The van der Waals surface area contributed by atoms with Crippen LogP contribution in [0.3, 0.4) is 0 Å².